The van der Waals surface area contributed by atoms with Gasteiger partial charge in [-0.1, -0.05) is 13.0 Å². The van der Waals surface area contributed by atoms with Crippen LogP contribution in [0.2, 0.25) is 0 Å². The molecule has 3 rings (SSSR count). The zero-order valence-corrected chi connectivity index (χ0v) is 16.4. The summed E-state index contributed by atoms with van der Waals surface area (Å²) in [5, 5.41) is 6.18. The van der Waals surface area contributed by atoms with Crippen molar-refractivity contribution < 1.29 is 13.2 Å². The molecule has 2 N–H and O–H groups in total. The van der Waals surface area contributed by atoms with Crippen molar-refractivity contribution in [2.75, 3.05) is 10.6 Å². The average Bonchev–Trinajstić information content (AvgIpc) is 2.69. The standard InChI is InChI=1S/C21H22F3N5/c1-4-14(3)26-20-28-18(15-6-5-9-25-12-15)11-19(29-20)27-16-8-7-13(2)17(10-16)21(22,23)24/h5-12,14H,4H2,1-3H3,(H2,26,27,28,29)/t14-/m0/s1. The average molecular weight is 401 g/mol. The molecule has 1 atom stereocenters. The molecular formula is C21H22F3N5. The largest absolute Gasteiger partial charge is 0.416 e. The van der Waals surface area contributed by atoms with Gasteiger partial charge in [0.05, 0.1) is 11.3 Å². The van der Waals surface area contributed by atoms with Crippen LogP contribution in [0.1, 0.15) is 31.4 Å². The molecule has 1 aromatic carbocycles. The van der Waals surface area contributed by atoms with Gasteiger partial charge in [-0.25, -0.2) is 4.98 Å². The van der Waals surface area contributed by atoms with Crippen molar-refractivity contribution in [2.24, 2.45) is 0 Å². The first-order valence-electron chi connectivity index (χ1n) is 9.27. The highest BCUT2D eigenvalue weighted by molar-refractivity contribution is 5.67. The molecule has 0 bridgehead atoms. The summed E-state index contributed by atoms with van der Waals surface area (Å²) in [6.45, 7) is 5.47. The number of aromatic nitrogens is 3. The Morgan fingerprint density at radius 1 is 1.10 bits per heavy atom. The van der Waals surface area contributed by atoms with Crippen molar-refractivity contribution in [1.82, 2.24) is 15.0 Å². The maximum atomic E-state index is 13.2. The predicted octanol–water partition coefficient (Wildman–Crippen LogP) is 5.82. The minimum Gasteiger partial charge on any atom is -0.352 e. The van der Waals surface area contributed by atoms with E-state index >= 15 is 0 Å². The Bertz CT molecular complexity index is 974. The summed E-state index contributed by atoms with van der Waals surface area (Å²) < 4.78 is 39.7. The fourth-order valence-corrected chi connectivity index (χ4v) is 2.71. The molecule has 0 fully saturated rings. The van der Waals surface area contributed by atoms with Crippen molar-refractivity contribution in [3.05, 3.63) is 59.9 Å². The molecule has 0 saturated carbocycles. The van der Waals surface area contributed by atoms with Crippen LogP contribution in [0, 0.1) is 6.92 Å². The number of benzene rings is 1. The van der Waals surface area contributed by atoms with E-state index in [1.54, 1.807) is 30.6 Å². The summed E-state index contributed by atoms with van der Waals surface area (Å²) in [4.78, 5) is 13.0. The van der Waals surface area contributed by atoms with Crippen LogP contribution in [-0.2, 0) is 6.18 Å². The molecule has 8 heteroatoms. The van der Waals surface area contributed by atoms with Gasteiger partial charge in [0, 0.05) is 35.8 Å². The Balaban J connectivity index is 1.99. The van der Waals surface area contributed by atoms with Gasteiger partial charge >= 0.3 is 6.18 Å². The number of halogens is 3. The van der Waals surface area contributed by atoms with Crippen LogP contribution in [0.4, 0.5) is 30.6 Å². The second-order valence-electron chi connectivity index (χ2n) is 6.81. The molecule has 0 aliphatic rings. The molecule has 152 valence electrons. The Morgan fingerprint density at radius 3 is 2.55 bits per heavy atom. The van der Waals surface area contributed by atoms with Crippen LogP contribution in [0.25, 0.3) is 11.3 Å². The van der Waals surface area contributed by atoms with Crippen LogP contribution < -0.4 is 10.6 Å². The number of rotatable bonds is 6. The van der Waals surface area contributed by atoms with E-state index in [0.29, 0.717) is 23.1 Å². The number of hydrogen-bond acceptors (Lipinski definition) is 5. The third kappa shape index (κ3) is 5.22. The molecule has 2 heterocycles. The van der Waals surface area contributed by atoms with Crippen LogP contribution in [-0.4, -0.2) is 21.0 Å². The van der Waals surface area contributed by atoms with E-state index in [-0.39, 0.29) is 11.6 Å². The van der Waals surface area contributed by atoms with Crippen LogP contribution in [0.5, 0.6) is 0 Å². The molecule has 0 spiro atoms. The van der Waals surface area contributed by atoms with Crippen molar-refractivity contribution >= 4 is 17.5 Å². The van der Waals surface area contributed by atoms with Gasteiger partial charge in [-0.3, -0.25) is 4.98 Å². The lowest BCUT2D eigenvalue weighted by molar-refractivity contribution is -0.138. The summed E-state index contributed by atoms with van der Waals surface area (Å²) in [5.74, 6) is 0.785. The minimum absolute atomic E-state index is 0.142. The highest BCUT2D eigenvalue weighted by Gasteiger charge is 2.32. The van der Waals surface area contributed by atoms with Gasteiger partial charge in [-0.05, 0) is 50.1 Å². The number of anilines is 3. The number of pyridine rings is 1. The summed E-state index contributed by atoms with van der Waals surface area (Å²) in [6.07, 6.45) is -0.215. The van der Waals surface area contributed by atoms with Gasteiger partial charge in [-0.2, -0.15) is 18.2 Å². The normalized spacial score (nSPS) is 12.5. The van der Waals surface area contributed by atoms with E-state index in [1.165, 1.54) is 13.0 Å². The quantitative estimate of drug-likeness (QED) is 0.545. The zero-order valence-electron chi connectivity index (χ0n) is 16.4. The Labute approximate surface area is 167 Å². The van der Waals surface area contributed by atoms with Crippen LogP contribution in [0.3, 0.4) is 0 Å². The molecule has 0 aliphatic carbocycles. The molecule has 2 aromatic heterocycles. The smallest absolute Gasteiger partial charge is 0.352 e. The maximum Gasteiger partial charge on any atom is 0.416 e. The van der Waals surface area contributed by atoms with Gasteiger partial charge in [0.2, 0.25) is 5.95 Å². The first-order chi connectivity index (χ1) is 13.8. The fourth-order valence-electron chi connectivity index (χ4n) is 2.71. The topological polar surface area (TPSA) is 62.7 Å². The van der Waals surface area contributed by atoms with Gasteiger partial charge in [0.25, 0.3) is 0 Å². The van der Waals surface area contributed by atoms with Gasteiger partial charge < -0.3 is 10.6 Å². The molecule has 3 aromatic rings. The molecule has 0 saturated heterocycles. The number of nitrogens with one attached hydrogen (secondary N) is 2. The van der Waals surface area contributed by atoms with Crippen molar-refractivity contribution in [1.29, 1.82) is 0 Å². The van der Waals surface area contributed by atoms with Gasteiger partial charge in [-0.15, -0.1) is 0 Å². The number of aryl methyl sites for hydroxylation is 1. The van der Waals surface area contributed by atoms with E-state index in [9.17, 15) is 13.2 Å². The van der Waals surface area contributed by atoms with E-state index < -0.39 is 11.7 Å². The van der Waals surface area contributed by atoms with Crippen molar-refractivity contribution in [3.8, 4) is 11.3 Å². The molecule has 0 amide bonds. The van der Waals surface area contributed by atoms with Gasteiger partial charge in [0.1, 0.15) is 5.82 Å². The Morgan fingerprint density at radius 2 is 1.90 bits per heavy atom. The van der Waals surface area contributed by atoms with Crippen molar-refractivity contribution in [3.63, 3.8) is 0 Å². The summed E-state index contributed by atoms with van der Waals surface area (Å²) in [7, 11) is 0. The van der Waals surface area contributed by atoms with E-state index in [0.717, 1.165) is 18.1 Å². The molecule has 5 nitrogen and oxygen atoms in total. The summed E-state index contributed by atoms with van der Waals surface area (Å²) >= 11 is 0. The third-order valence-electron chi connectivity index (χ3n) is 4.49. The molecule has 0 radical (unpaired) electrons. The number of nitrogens with zero attached hydrogens (tertiary/aromatic N) is 3. The monoisotopic (exact) mass is 401 g/mol. The lowest BCUT2D eigenvalue weighted by atomic mass is 10.1. The second kappa shape index (κ2) is 8.46. The first-order valence-corrected chi connectivity index (χ1v) is 9.27. The second-order valence-corrected chi connectivity index (χ2v) is 6.81. The van der Waals surface area contributed by atoms with Crippen LogP contribution >= 0.6 is 0 Å². The van der Waals surface area contributed by atoms with E-state index in [2.05, 4.69) is 25.6 Å². The highest BCUT2D eigenvalue weighted by Crippen LogP contribution is 2.34. The first kappa shape index (κ1) is 20.6. The lowest BCUT2D eigenvalue weighted by Crippen LogP contribution is -2.16. The Kier molecular flexibility index (Phi) is 6.00. The van der Waals surface area contributed by atoms with Crippen LogP contribution in [0.15, 0.2) is 48.8 Å². The van der Waals surface area contributed by atoms with E-state index in [4.69, 9.17) is 0 Å². The molecule has 0 unspecified atom stereocenters. The Hall–Kier alpha value is -3.16. The van der Waals surface area contributed by atoms with Crippen molar-refractivity contribution in [2.45, 2.75) is 39.4 Å². The highest BCUT2D eigenvalue weighted by atomic mass is 19.4. The van der Waals surface area contributed by atoms with E-state index in [1.807, 2.05) is 19.9 Å². The zero-order chi connectivity index (χ0) is 21.0. The molecule has 0 aliphatic heterocycles. The van der Waals surface area contributed by atoms with Gasteiger partial charge in [0.15, 0.2) is 0 Å². The number of hydrogen-bond donors (Lipinski definition) is 2. The molecule has 29 heavy (non-hydrogen) atoms. The maximum absolute atomic E-state index is 13.2. The number of alkyl halides is 3. The third-order valence-corrected chi connectivity index (χ3v) is 4.49. The lowest BCUT2D eigenvalue weighted by Gasteiger charge is -2.16. The fraction of sp³-hybridized carbons (Fsp3) is 0.286. The summed E-state index contributed by atoms with van der Waals surface area (Å²) in [6, 6.07) is 9.60. The molecular weight excluding hydrogens is 379 g/mol. The minimum atomic E-state index is -4.42. The summed E-state index contributed by atoms with van der Waals surface area (Å²) in [5.41, 5.74) is 1.19. The predicted molar refractivity (Wildman–Crippen MR) is 108 cm³/mol. The SMILES string of the molecule is CC[C@H](C)Nc1nc(Nc2ccc(C)c(C(F)(F)F)c2)cc(-c2cccnc2)n1.